The first-order valence-electron chi connectivity index (χ1n) is 7.59. The Morgan fingerprint density at radius 3 is 2.81 bits per heavy atom. The minimum atomic E-state index is -1.04. The fraction of sp³-hybridized carbons (Fsp3) is 0.0556. The molecule has 0 amide bonds. The van der Waals surface area contributed by atoms with Gasteiger partial charge in [-0.15, -0.1) is 11.3 Å². The highest BCUT2D eigenvalue weighted by atomic mass is 35.5. The molecule has 26 heavy (non-hydrogen) atoms. The molecule has 0 aliphatic carbocycles. The molecule has 8 heteroatoms. The average molecular weight is 403 g/mol. The largest absolute Gasteiger partial charge is 0.480 e. The highest BCUT2D eigenvalue weighted by Gasteiger charge is 2.13. The molecule has 0 radical (unpaired) electrons. The maximum absolute atomic E-state index is 12.0. The minimum absolute atomic E-state index is 0.283. The number of benzene rings is 2. The molecule has 2 heterocycles. The van der Waals surface area contributed by atoms with Gasteiger partial charge in [0.1, 0.15) is 11.6 Å². The van der Waals surface area contributed by atoms with Gasteiger partial charge in [-0.05, 0) is 18.2 Å². The number of aromatic nitrogens is 2. The number of carbonyl (C=O) groups is 1. The summed E-state index contributed by atoms with van der Waals surface area (Å²) in [7, 11) is 0. The van der Waals surface area contributed by atoms with E-state index in [1.54, 1.807) is 6.07 Å². The molecule has 0 spiro atoms. The Hall–Kier alpha value is -2.48. The van der Waals surface area contributed by atoms with Crippen LogP contribution in [0.4, 0.5) is 0 Å². The molecule has 0 aliphatic rings. The van der Waals surface area contributed by atoms with Crippen molar-refractivity contribution in [3.8, 4) is 21.8 Å². The third-order valence-corrected chi connectivity index (χ3v) is 6.01. The van der Waals surface area contributed by atoms with E-state index in [1.807, 2.05) is 41.8 Å². The molecule has 4 aromatic rings. The number of halogens is 1. The second-order valence-corrected chi connectivity index (χ2v) is 7.81. The molecule has 130 valence electrons. The van der Waals surface area contributed by atoms with Crippen LogP contribution < -0.4 is 4.87 Å². The summed E-state index contributed by atoms with van der Waals surface area (Å²) in [6.07, 6.45) is 0. The smallest absolute Gasteiger partial charge is 0.323 e. The maximum Gasteiger partial charge on any atom is 0.323 e. The fourth-order valence-electron chi connectivity index (χ4n) is 2.68. The summed E-state index contributed by atoms with van der Waals surface area (Å²) >= 11 is 8.77. The van der Waals surface area contributed by atoms with Gasteiger partial charge < -0.3 is 5.11 Å². The zero-order chi connectivity index (χ0) is 18.3. The van der Waals surface area contributed by atoms with Crippen LogP contribution in [0.25, 0.3) is 32.0 Å². The SMILES string of the molecule is O=C(O)Cn1c(=O)sc2cc(-c3csc(-c4ccccc4Cl)n3)ccc21. The standard InChI is InChI=1S/C18H11ClN2O3S2/c19-12-4-2-1-3-11(12)17-20-13(9-25-17)10-5-6-14-15(7-10)26-18(24)21(14)8-16(22)23/h1-7,9H,8H2,(H,22,23). The molecule has 4 rings (SSSR count). The van der Waals surface area contributed by atoms with Crippen LogP contribution >= 0.6 is 34.3 Å². The molecule has 0 aliphatic heterocycles. The van der Waals surface area contributed by atoms with Gasteiger partial charge in [-0.3, -0.25) is 14.2 Å². The second-order valence-electron chi connectivity index (χ2n) is 5.55. The van der Waals surface area contributed by atoms with Gasteiger partial charge in [0, 0.05) is 16.5 Å². The first-order chi connectivity index (χ1) is 12.5. The van der Waals surface area contributed by atoms with E-state index in [0.29, 0.717) is 10.5 Å². The zero-order valence-corrected chi connectivity index (χ0v) is 15.6. The number of rotatable bonds is 4. The molecule has 0 saturated heterocycles. The van der Waals surface area contributed by atoms with Gasteiger partial charge in [0.05, 0.1) is 20.9 Å². The van der Waals surface area contributed by atoms with Crippen molar-refractivity contribution in [3.63, 3.8) is 0 Å². The number of carboxylic acid groups (broad SMARTS) is 1. The van der Waals surface area contributed by atoms with Gasteiger partial charge >= 0.3 is 10.8 Å². The summed E-state index contributed by atoms with van der Waals surface area (Å²) in [6.45, 7) is -0.342. The number of thiazole rings is 2. The van der Waals surface area contributed by atoms with E-state index >= 15 is 0 Å². The van der Waals surface area contributed by atoms with E-state index in [-0.39, 0.29) is 11.4 Å². The summed E-state index contributed by atoms with van der Waals surface area (Å²) in [4.78, 5) is 27.4. The summed E-state index contributed by atoms with van der Waals surface area (Å²) in [6, 6.07) is 13.0. The van der Waals surface area contributed by atoms with Crippen LogP contribution in [-0.4, -0.2) is 20.6 Å². The highest BCUT2D eigenvalue weighted by Crippen LogP contribution is 2.34. The van der Waals surface area contributed by atoms with Crippen molar-refractivity contribution < 1.29 is 9.90 Å². The van der Waals surface area contributed by atoms with Gasteiger partial charge in [0.2, 0.25) is 0 Å². The van der Waals surface area contributed by atoms with Gasteiger partial charge in [-0.1, -0.05) is 47.2 Å². The zero-order valence-electron chi connectivity index (χ0n) is 13.2. The minimum Gasteiger partial charge on any atom is -0.480 e. The Morgan fingerprint density at radius 2 is 2.04 bits per heavy atom. The lowest BCUT2D eigenvalue weighted by atomic mass is 10.1. The van der Waals surface area contributed by atoms with Crippen molar-refractivity contribution in [2.45, 2.75) is 6.54 Å². The predicted molar refractivity (Wildman–Crippen MR) is 105 cm³/mol. The van der Waals surface area contributed by atoms with Gasteiger partial charge in [0.15, 0.2) is 0 Å². The maximum atomic E-state index is 12.0. The topological polar surface area (TPSA) is 72.2 Å². The normalized spacial score (nSPS) is 11.1. The van der Waals surface area contributed by atoms with Crippen molar-refractivity contribution in [3.05, 3.63) is 62.5 Å². The van der Waals surface area contributed by atoms with E-state index < -0.39 is 5.97 Å². The van der Waals surface area contributed by atoms with Crippen molar-refractivity contribution >= 4 is 50.5 Å². The molecular formula is C18H11ClN2O3S2. The lowest BCUT2D eigenvalue weighted by molar-refractivity contribution is -0.137. The van der Waals surface area contributed by atoms with Crippen LogP contribution in [0.3, 0.4) is 0 Å². The number of carboxylic acids is 1. The van der Waals surface area contributed by atoms with Crippen molar-refractivity contribution in [1.82, 2.24) is 9.55 Å². The molecule has 1 N–H and O–H groups in total. The van der Waals surface area contributed by atoms with E-state index in [9.17, 15) is 9.59 Å². The first-order valence-corrected chi connectivity index (χ1v) is 9.66. The average Bonchev–Trinajstić information content (AvgIpc) is 3.20. The van der Waals surface area contributed by atoms with Gasteiger partial charge in [0.25, 0.3) is 0 Å². The van der Waals surface area contributed by atoms with E-state index in [1.165, 1.54) is 15.9 Å². The van der Waals surface area contributed by atoms with Crippen LogP contribution in [0.5, 0.6) is 0 Å². The summed E-state index contributed by atoms with van der Waals surface area (Å²) in [5, 5.41) is 12.4. The molecule has 0 unspecified atom stereocenters. The fourth-order valence-corrected chi connectivity index (χ4v) is 4.75. The van der Waals surface area contributed by atoms with Crippen LogP contribution in [0.1, 0.15) is 0 Å². The molecule has 0 atom stereocenters. The molecule has 2 aromatic heterocycles. The van der Waals surface area contributed by atoms with Gasteiger partial charge in [-0.2, -0.15) is 0 Å². The molecule has 0 fully saturated rings. The van der Waals surface area contributed by atoms with Gasteiger partial charge in [-0.25, -0.2) is 4.98 Å². The third kappa shape index (κ3) is 3.05. The second kappa shape index (κ2) is 6.68. The summed E-state index contributed by atoms with van der Waals surface area (Å²) in [5.74, 6) is -1.04. The lowest BCUT2D eigenvalue weighted by Crippen LogP contribution is -2.18. The van der Waals surface area contributed by atoms with E-state index in [0.717, 1.165) is 37.9 Å². The number of hydrogen-bond donors (Lipinski definition) is 1. The highest BCUT2D eigenvalue weighted by molar-refractivity contribution is 7.16. The van der Waals surface area contributed by atoms with Crippen LogP contribution in [0.2, 0.25) is 5.02 Å². The van der Waals surface area contributed by atoms with Crippen molar-refractivity contribution in [2.24, 2.45) is 0 Å². The van der Waals surface area contributed by atoms with E-state index in [4.69, 9.17) is 16.7 Å². The Labute approximate surface area is 160 Å². The number of aliphatic carboxylic acids is 1. The predicted octanol–water partition coefficient (Wildman–Crippen LogP) is 4.59. The third-order valence-electron chi connectivity index (χ3n) is 3.87. The Bertz CT molecular complexity index is 1190. The van der Waals surface area contributed by atoms with E-state index in [2.05, 4.69) is 4.98 Å². The number of nitrogens with zero attached hydrogens (tertiary/aromatic N) is 2. The summed E-state index contributed by atoms with van der Waals surface area (Å²) in [5.41, 5.74) is 3.16. The van der Waals surface area contributed by atoms with Crippen molar-refractivity contribution in [2.75, 3.05) is 0 Å². The van der Waals surface area contributed by atoms with Crippen LogP contribution in [-0.2, 0) is 11.3 Å². The lowest BCUT2D eigenvalue weighted by Gasteiger charge is -2.01. The number of fused-ring (bicyclic) bond motifs is 1. The molecule has 2 aromatic carbocycles. The van der Waals surface area contributed by atoms with Crippen molar-refractivity contribution in [1.29, 1.82) is 0 Å². The molecule has 0 saturated carbocycles. The Balaban J connectivity index is 1.75. The molecular weight excluding hydrogens is 392 g/mol. The first kappa shape index (κ1) is 17.0. The monoisotopic (exact) mass is 402 g/mol. The molecule has 0 bridgehead atoms. The quantitative estimate of drug-likeness (QED) is 0.541. The molecule has 5 nitrogen and oxygen atoms in total. The Morgan fingerprint density at radius 1 is 1.23 bits per heavy atom. The Kier molecular flexibility index (Phi) is 4.36. The van der Waals surface area contributed by atoms with Crippen LogP contribution in [0, 0.1) is 0 Å². The summed E-state index contributed by atoms with van der Waals surface area (Å²) < 4.78 is 2.00. The van der Waals surface area contributed by atoms with Crippen LogP contribution in [0.15, 0.2) is 52.6 Å². The number of hydrogen-bond acceptors (Lipinski definition) is 5.